The molecule has 2 nitrogen and oxygen atoms in total. The van der Waals surface area contributed by atoms with Crippen molar-refractivity contribution in [3.8, 4) is 0 Å². The minimum atomic E-state index is -0.185. The summed E-state index contributed by atoms with van der Waals surface area (Å²) in [6.07, 6.45) is 3.98. The second kappa shape index (κ2) is 5.50. The van der Waals surface area contributed by atoms with Gasteiger partial charge in [-0.15, -0.1) is 0 Å². The summed E-state index contributed by atoms with van der Waals surface area (Å²) in [5, 5.41) is 0. The molecule has 1 aromatic carbocycles. The van der Waals surface area contributed by atoms with Crippen LogP contribution >= 0.6 is 0 Å². The van der Waals surface area contributed by atoms with Crippen LogP contribution < -0.4 is 10.6 Å². The molecule has 1 aliphatic rings. The number of nitrogens with zero attached hydrogens (tertiary/aromatic N) is 1. The van der Waals surface area contributed by atoms with Crippen LogP contribution in [-0.2, 0) is 6.54 Å². The Morgan fingerprint density at radius 3 is 2.65 bits per heavy atom. The van der Waals surface area contributed by atoms with Gasteiger partial charge in [-0.3, -0.25) is 0 Å². The molecule has 2 rings (SSSR count). The number of hydrogen-bond donors (Lipinski definition) is 1. The highest BCUT2D eigenvalue weighted by Crippen LogP contribution is 2.29. The van der Waals surface area contributed by atoms with Crippen molar-refractivity contribution in [3.05, 3.63) is 29.6 Å². The van der Waals surface area contributed by atoms with Crippen molar-refractivity contribution in [1.29, 1.82) is 0 Å². The monoisotopic (exact) mass is 236 g/mol. The van der Waals surface area contributed by atoms with Crippen LogP contribution in [0.4, 0.5) is 10.1 Å². The lowest BCUT2D eigenvalue weighted by atomic mass is 9.85. The summed E-state index contributed by atoms with van der Waals surface area (Å²) in [5.74, 6) is 0.606. The molecule has 17 heavy (non-hydrogen) atoms. The largest absolute Gasteiger partial charge is 0.371 e. The van der Waals surface area contributed by atoms with Gasteiger partial charge in [-0.25, -0.2) is 4.39 Å². The third-order valence-electron chi connectivity index (χ3n) is 3.63. The molecule has 0 aromatic heterocycles. The summed E-state index contributed by atoms with van der Waals surface area (Å²) in [6, 6.07) is 5.13. The van der Waals surface area contributed by atoms with Crippen LogP contribution in [0.2, 0.25) is 0 Å². The van der Waals surface area contributed by atoms with Crippen LogP contribution in [0.25, 0.3) is 0 Å². The van der Waals surface area contributed by atoms with E-state index in [1.165, 1.54) is 25.3 Å². The Kier molecular flexibility index (Phi) is 4.00. The Balaban J connectivity index is 2.13. The summed E-state index contributed by atoms with van der Waals surface area (Å²) in [6.45, 7) is 4.48. The lowest BCUT2D eigenvalue weighted by Gasteiger charge is -2.33. The average Bonchev–Trinajstić information content (AvgIpc) is 2.27. The van der Waals surface area contributed by atoms with E-state index < -0.39 is 0 Å². The molecular weight excluding hydrogens is 215 g/mol. The Bertz CT molecular complexity index is 374. The Morgan fingerprint density at radius 1 is 1.35 bits per heavy atom. The molecule has 0 aliphatic heterocycles. The summed E-state index contributed by atoms with van der Waals surface area (Å²) in [7, 11) is 0. The van der Waals surface area contributed by atoms with Crippen molar-refractivity contribution >= 4 is 5.69 Å². The summed E-state index contributed by atoms with van der Waals surface area (Å²) < 4.78 is 13.5. The van der Waals surface area contributed by atoms with Crippen molar-refractivity contribution in [2.75, 3.05) is 18.0 Å². The SMILES string of the molecule is CCN(CC1CCC1)c1cc(F)cc(CN)c1. The first-order chi connectivity index (χ1) is 8.22. The van der Waals surface area contributed by atoms with Crippen LogP contribution in [0.5, 0.6) is 0 Å². The minimum absolute atomic E-state index is 0.185. The van der Waals surface area contributed by atoms with Gasteiger partial charge >= 0.3 is 0 Å². The second-order valence-corrected chi connectivity index (χ2v) is 4.86. The molecule has 0 unspecified atom stereocenters. The van der Waals surface area contributed by atoms with Gasteiger partial charge in [-0.05, 0) is 49.4 Å². The van der Waals surface area contributed by atoms with Gasteiger partial charge in [-0.2, -0.15) is 0 Å². The highest BCUT2D eigenvalue weighted by molar-refractivity contribution is 5.49. The van der Waals surface area contributed by atoms with Crippen molar-refractivity contribution < 1.29 is 4.39 Å². The van der Waals surface area contributed by atoms with E-state index in [1.54, 1.807) is 6.07 Å². The second-order valence-electron chi connectivity index (χ2n) is 4.86. The minimum Gasteiger partial charge on any atom is -0.371 e. The van der Waals surface area contributed by atoms with E-state index in [4.69, 9.17) is 5.73 Å². The molecule has 1 aromatic rings. The first-order valence-corrected chi connectivity index (χ1v) is 6.47. The third kappa shape index (κ3) is 2.97. The molecule has 0 spiro atoms. The van der Waals surface area contributed by atoms with E-state index in [2.05, 4.69) is 11.8 Å². The fourth-order valence-corrected chi connectivity index (χ4v) is 2.34. The molecular formula is C14H21FN2. The van der Waals surface area contributed by atoms with E-state index in [0.717, 1.165) is 30.3 Å². The fraction of sp³-hybridized carbons (Fsp3) is 0.571. The van der Waals surface area contributed by atoms with Crippen LogP contribution in [0.1, 0.15) is 31.7 Å². The van der Waals surface area contributed by atoms with E-state index in [1.807, 2.05) is 6.07 Å². The molecule has 0 radical (unpaired) electrons. The van der Waals surface area contributed by atoms with Gasteiger partial charge in [0.05, 0.1) is 0 Å². The van der Waals surface area contributed by atoms with E-state index in [0.29, 0.717) is 6.54 Å². The number of halogens is 1. The normalized spacial score (nSPS) is 15.7. The van der Waals surface area contributed by atoms with Gasteiger partial charge < -0.3 is 10.6 Å². The van der Waals surface area contributed by atoms with Gasteiger partial charge in [0.25, 0.3) is 0 Å². The molecule has 1 aliphatic carbocycles. The predicted octanol–water partition coefficient (Wildman–Crippen LogP) is 2.91. The molecule has 0 saturated heterocycles. The zero-order valence-electron chi connectivity index (χ0n) is 10.5. The quantitative estimate of drug-likeness (QED) is 0.851. The maximum absolute atomic E-state index is 13.5. The number of hydrogen-bond acceptors (Lipinski definition) is 2. The third-order valence-corrected chi connectivity index (χ3v) is 3.63. The molecule has 0 bridgehead atoms. The van der Waals surface area contributed by atoms with Crippen LogP contribution in [0.15, 0.2) is 18.2 Å². The van der Waals surface area contributed by atoms with Gasteiger partial charge in [-0.1, -0.05) is 6.42 Å². The zero-order chi connectivity index (χ0) is 12.3. The van der Waals surface area contributed by atoms with Crippen LogP contribution in [-0.4, -0.2) is 13.1 Å². The molecule has 0 heterocycles. The maximum atomic E-state index is 13.5. The van der Waals surface area contributed by atoms with Gasteiger partial charge in [0.1, 0.15) is 5.82 Å². The van der Waals surface area contributed by atoms with Crippen molar-refractivity contribution in [2.24, 2.45) is 11.7 Å². The van der Waals surface area contributed by atoms with Gasteiger partial charge in [0.15, 0.2) is 0 Å². The van der Waals surface area contributed by atoms with Crippen molar-refractivity contribution in [1.82, 2.24) is 0 Å². The number of rotatable bonds is 5. The summed E-state index contributed by atoms with van der Waals surface area (Å²) >= 11 is 0. The first-order valence-electron chi connectivity index (χ1n) is 6.47. The zero-order valence-corrected chi connectivity index (χ0v) is 10.5. The topological polar surface area (TPSA) is 29.3 Å². The highest BCUT2D eigenvalue weighted by Gasteiger charge is 2.20. The van der Waals surface area contributed by atoms with Gasteiger partial charge in [0, 0.05) is 25.3 Å². The predicted molar refractivity (Wildman–Crippen MR) is 69.5 cm³/mol. The van der Waals surface area contributed by atoms with Crippen molar-refractivity contribution in [2.45, 2.75) is 32.7 Å². The molecule has 0 amide bonds. The lowest BCUT2D eigenvalue weighted by molar-refractivity contribution is 0.318. The van der Waals surface area contributed by atoms with E-state index in [-0.39, 0.29) is 5.82 Å². The van der Waals surface area contributed by atoms with Crippen LogP contribution in [0, 0.1) is 11.7 Å². The van der Waals surface area contributed by atoms with Gasteiger partial charge in [0.2, 0.25) is 0 Å². The Hall–Kier alpha value is -1.09. The number of benzene rings is 1. The average molecular weight is 236 g/mol. The highest BCUT2D eigenvalue weighted by atomic mass is 19.1. The molecule has 3 heteroatoms. The maximum Gasteiger partial charge on any atom is 0.125 e. The number of anilines is 1. The Labute approximate surface area is 103 Å². The lowest BCUT2D eigenvalue weighted by Crippen LogP contribution is -2.32. The number of nitrogens with two attached hydrogens (primary N) is 1. The Morgan fingerprint density at radius 2 is 2.12 bits per heavy atom. The molecule has 94 valence electrons. The summed E-state index contributed by atoms with van der Waals surface area (Å²) in [5.41, 5.74) is 7.42. The van der Waals surface area contributed by atoms with Crippen LogP contribution in [0.3, 0.4) is 0 Å². The smallest absolute Gasteiger partial charge is 0.125 e. The summed E-state index contributed by atoms with van der Waals surface area (Å²) in [4.78, 5) is 2.26. The fourth-order valence-electron chi connectivity index (χ4n) is 2.34. The first kappa shape index (κ1) is 12.4. The van der Waals surface area contributed by atoms with E-state index >= 15 is 0 Å². The van der Waals surface area contributed by atoms with E-state index in [9.17, 15) is 4.39 Å². The molecule has 0 atom stereocenters. The molecule has 1 saturated carbocycles. The van der Waals surface area contributed by atoms with Crippen molar-refractivity contribution in [3.63, 3.8) is 0 Å². The molecule has 2 N–H and O–H groups in total. The standard InChI is InChI=1S/C14H21FN2/c1-2-17(10-11-4-3-5-11)14-7-12(9-16)6-13(15)8-14/h6-8,11H,2-5,9-10,16H2,1H3. The molecule has 1 fully saturated rings.